The monoisotopic (exact) mass is 321 g/mol. The summed E-state index contributed by atoms with van der Waals surface area (Å²) in [5.74, 6) is 0.711. The van der Waals surface area contributed by atoms with Gasteiger partial charge in [-0.1, -0.05) is 5.16 Å². The number of rotatable bonds is 6. The van der Waals surface area contributed by atoms with Crippen molar-refractivity contribution in [2.45, 2.75) is 20.0 Å². The maximum absolute atomic E-state index is 12.1. The number of nitro groups is 1. The number of nitrogens with zero attached hydrogens (tertiary/aromatic N) is 2. The number of aromatic nitrogens is 1. The SMILES string of the molecule is COc1ccc([N+](=O)[O-])cc1O[C@H](C)C(=O)Nc1cc(C)on1. The predicted molar refractivity (Wildman–Crippen MR) is 79.6 cm³/mol. The Bertz CT molecular complexity index is 727. The van der Waals surface area contributed by atoms with Crippen LogP contribution in [0.5, 0.6) is 11.5 Å². The highest BCUT2D eigenvalue weighted by molar-refractivity contribution is 5.93. The molecule has 0 saturated carbocycles. The number of hydrogen-bond donors (Lipinski definition) is 1. The second-order valence-corrected chi connectivity index (χ2v) is 4.66. The van der Waals surface area contributed by atoms with E-state index in [0.717, 1.165) is 0 Å². The fourth-order valence-corrected chi connectivity index (χ4v) is 1.77. The Morgan fingerprint density at radius 2 is 2.13 bits per heavy atom. The molecule has 0 spiro atoms. The second-order valence-electron chi connectivity index (χ2n) is 4.66. The number of carbonyl (C=O) groups is 1. The molecule has 122 valence electrons. The highest BCUT2D eigenvalue weighted by Crippen LogP contribution is 2.32. The Morgan fingerprint density at radius 1 is 1.39 bits per heavy atom. The van der Waals surface area contributed by atoms with Gasteiger partial charge in [0, 0.05) is 12.1 Å². The Labute approximate surface area is 131 Å². The summed E-state index contributed by atoms with van der Waals surface area (Å²) in [7, 11) is 1.40. The minimum Gasteiger partial charge on any atom is -0.493 e. The maximum atomic E-state index is 12.1. The van der Waals surface area contributed by atoms with Crippen molar-refractivity contribution in [3.8, 4) is 11.5 Å². The van der Waals surface area contributed by atoms with Crippen molar-refractivity contribution in [3.05, 3.63) is 40.1 Å². The van der Waals surface area contributed by atoms with Gasteiger partial charge in [0.15, 0.2) is 23.4 Å². The van der Waals surface area contributed by atoms with Crippen molar-refractivity contribution >= 4 is 17.4 Å². The van der Waals surface area contributed by atoms with Crippen LogP contribution in [0.15, 0.2) is 28.8 Å². The van der Waals surface area contributed by atoms with Crippen LogP contribution in [0.25, 0.3) is 0 Å². The molecular formula is C14H15N3O6. The van der Waals surface area contributed by atoms with E-state index in [1.165, 1.54) is 32.2 Å². The van der Waals surface area contributed by atoms with Crippen LogP contribution >= 0.6 is 0 Å². The molecule has 1 aromatic heterocycles. The number of non-ortho nitro benzene ring substituents is 1. The molecule has 0 aliphatic carbocycles. The van der Waals surface area contributed by atoms with Gasteiger partial charge < -0.3 is 19.3 Å². The van der Waals surface area contributed by atoms with E-state index in [9.17, 15) is 14.9 Å². The van der Waals surface area contributed by atoms with Crippen molar-refractivity contribution < 1.29 is 23.7 Å². The molecule has 9 heteroatoms. The number of aryl methyl sites for hydroxylation is 1. The second kappa shape index (κ2) is 6.77. The molecule has 2 rings (SSSR count). The van der Waals surface area contributed by atoms with Gasteiger partial charge in [-0.25, -0.2) is 0 Å². The fraction of sp³-hybridized carbons (Fsp3) is 0.286. The largest absolute Gasteiger partial charge is 0.493 e. The third-order valence-corrected chi connectivity index (χ3v) is 2.91. The highest BCUT2D eigenvalue weighted by atomic mass is 16.6. The van der Waals surface area contributed by atoms with Crippen LogP contribution in [0.2, 0.25) is 0 Å². The van der Waals surface area contributed by atoms with Gasteiger partial charge in [-0.05, 0) is 19.9 Å². The van der Waals surface area contributed by atoms with E-state index in [4.69, 9.17) is 14.0 Å². The first-order valence-corrected chi connectivity index (χ1v) is 6.64. The zero-order valence-corrected chi connectivity index (χ0v) is 12.7. The molecule has 0 radical (unpaired) electrons. The van der Waals surface area contributed by atoms with E-state index in [1.807, 2.05) is 0 Å². The van der Waals surface area contributed by atoms with Crippen molar-refractivity contribution in [1.82, 2.24) is 5.16 Å². The van der Waals surface area contributed by atoms with Gasteiger partial charge in [0.25, 0.3) is 11.6 Å². The van der Waals surface area contributed by atoms with Crippen LogP contribution in [0.1, 0.15) is 12.7 Å². The van der Waals surface area contributed by atoms with Gasteiger partial charge in [0.2, 0.25) is 0 Å². The van der Waals surface area contributed by atoms with Gasteiger partial charge in [0.05, 0.1) is 18.1 Å². The standard InChI is InChI=1S/C14H15N3O6/c1-8-6-13(16-23-8)15-14(18)9(2)22-12-7-10(17(19)20)4-5-11(12)21-3/h4-7,9H,1-3H3,(H,15,16,18)/t9-/m1/s1. The van der Waals surface area contributed by atoms with E-state index in [0.29, 0.717) is 5.76 Å². The molecule has 2 aromatic rings. The number of carbonyl (C=O) groups excluding carboxylic acids is 1. The molecule has 0 bridgehead atoms. The van der Waals surface area contributed by atoms with E-state index < -0.39 is 16.9 Å². The lowest BCUT2D eigenvalue weighted by molar-refractivity contribution is -0.385. The molecule has 23 heavy (non-hydrogen) atoms. The van der Waals surface area contributed by atoms with Gasteiger partial charge in [-0.2, -0.15) is 0 Å². The van der Waals surface area contributed by atoms with E-state index >= 15 is 0 Å². The minimum atomic E-state index is -0.928. The molecule has 0 fully saturated rings. The first-order valence-electron chi connectivity index (χ1n) is 6.64. The third kappa shape index (κ3) is 3.96. The lowest BCUT2D eigenvalue weighted by Crippen LogP contribution is -2.30. The van der Waals surface area contributed by atoms with Gasteiger partial charge >= 0.3 is 0 Å². The normalized spacial score (nSPS) is 11.6. The Hall–Kier alpha value is -3.10. The van der Waals surface area contributed by atoms with E-state index in [1.54, 1.807) is 13.0 Å². The third-order valence-electron chi connectivity index (χ3n) is 2.91. The lowest BCUT2D eigenvalue weighted by Gasteiger charge is -2.15. The van der Waals surface area contributed by atoms with Crippen LogP contribution in [0.3, 0.4) is 0 Å². The predicted octanol–water partition coefficient (Wildman–Crippen LogP) is 2.31. The molecule has 1 N–H and O–H groups in total. The molecule has 1 amide bonds. The van der Waals surface area contributed by atoms with Crippen LogP contribution in [0, 0.1) is 17.0 Å². The topological polar surface area (TPSA) is 117 Å². The molecule has 1 atom stereocenters. The Balaban J connectivity index is 2.12. The lowest BCUT2D eigenvalue weighted by atomic mass is 10.2. The summed E-state index contributed by atoms with van der Waals surface area (Å²) >= 11 is 0. The van der Waals surface area contributed by atoms with Gasteiger partial charge in [-0.15, -0.1) is 0 Å². The first-order chi connectivity index (χ1) is 10.9. The van der Waals surface area contributed by atoms with Crippen molar-refractivity contribution in [1.29, 1.82) is 0 Å². The van der Waals surface area contributed by atoms with Crippen molar-refractivity contribution in [2.24, 2.45) is 0 Å². The summed E-state index contributed by atoms with van der Waals surface area (Å²) in [5, 5.41) is 17.0. The number of nitro benzene ring substituents is 1. The van der Waals surface area contributed by atoms with Gasteiger partial charge in [0.1, 0.15) is 5.76 Å². The van der Waals surface area contributed by atoms with E-state index in [-0.39, 0.29) is 23.0 Å². The number of methoxy groups -OCH3 is 1. The molecule has 0 unspecified atom stereocenters. The van der Waals surface area contributed by atoms with Crippen LogP contribution in [0.4, 0.5) is 11.5 Å². The van der Waals surface area contributed by atoms with Crippen LogP contribution in [-0.4, -0.2) is 29.2 Å². The number of benzene rings is 1. The number of nitrogens with one attached hydrogen (secondary N) is 1. The summed E-state index contributed by atoms with van der Waals surface area (Å²) < 4.78 is 15.4. The molecule has 1 heterocycles. The summed E-state index contributed by atoms with van der Waals surface area (Å²) in [6.45, 7) is 3.19. The minimum absolute atomic E-state index is 0.0979. The fourth-order valence-electron chi connectivity index (χ4n) is 1.77. The van der Waals surface area contributed by atoms with Crippen LogP contribution in [-0.2, 0) is 4.79 Å². The highest BCUT2D eigenvalue weighted by Gasteiger charge is 2.20. The number of hydrogen-bond acceptors (Lipinski definition) is 7. The molecule has 0 aliphatic rings. The average Bonchev–Trinajstić information content (AvgIpc) is 2.92. The Morgan fingerprint density at radius 3 is 2.70 bits per heavy atom. The summed E-state index contributed by atoms with van der Waals surface area (Å²) in [6, 6.07) is 5.44. The van der Waals surface area contributed by atoms with E-state index in [2.05, 4.69) is 10.5 Å². The summed E-state index contributed by atoms with van der Waals surface area (Å²) in [4.78, 5) is 22.3. The molecule has 1 aromatic carbocycles. The Kier molecular flexibility index (Phi) is 4.79. The number of ether oxygens (including phenoxy) is 2. The quantitative estimate of drug-likeness (QED) is 0.640. The number of amides is 1. The average molecular weight is 321 g/mol. The summed E-state index contributed by atoms with van der Waals surface area (Å²) in [5.41, 5.74) is -0.166. The van der Waals surface area contributed by atoms with Crippen LogP contribution < -0.4 is 14.8 Å². The van der Waals surface area contributed by atoms with Crippen molar-refractivity contribution in [2.75, 3.05) is 12.4 Å². The van der Waals surface area contributed by atoms with Crippen molar-refractivity contribution in [3.63, 3.8) is 0 Å². The molecule has 0 aliphatic heterocycles. The zero-order chi connectivity index (χ0) is 17.0. The zero-order valence-electron chi connectivity index (χ0n) is 12.7. The molecule has 9 nitrogen and oxygen atoms in total. The first kappa shape index (κ1) is 16.3. The molecular weight excluding hydrogens is 306 g/mol. The molecule has 0 saturated heterocycles. The van der Waals surface area contributed by atoms with Gasteiger partial charge in [-0.3, -0.25) is 14.9 Å². The number of anilines is 1. The maximum Gasteiger partial charge on any atom is 0.273 e. The summed E-state index contributed by atoms with van der Waals surface area (Å²) in [6.07, 6.45) is -0.928. The smallest absolute Gasteiger partial charge is 0.273 e.